The predicted octanol–water partition coefficient (Wildman–Crippen LogP) is 2.07. The number of fused-ring (bicyclic) bond motifs is 1. The van der Waals surface area contributed by atoms with Crippen LogP contribution in [0.5, 0.6) is 0 Å². The average molecular weight is 313 g/mol. The highest BCUT2D eigenvalue weighted by molar-refractivity contribution is 5.99. The van der Waals surface area contributed by atoms with Crippen LogP contribution in [0.15, 0.2) is 18.2 Å². The zero-order valence-corrected chi connectivity index (χ0v) is 13.3. The highest BCUT2D eigenvalue weighted by Gasteiger charge is 2.35. The highest BCUT2D eigenvalue weighted by atomic mass is 16.2. The molecule has 3 aliphatic rings. The van der Waals surface area contributed by atoms with E-state index in [1.165, 1.54) is 5.56 Å². The number of benzene rings is 1. The summed E-state index contributed by atoms with van der Waals surface area (Å²) in [4.78, 5) is 26.7. The van der Waals surface area contributed by atoms with Gasteiger partial charge in [0.05, 0.1) is 6.04 Å². The van der Waals surface area contributed by atoms with Crippen molar-refractivity contribution in [3.05, 3.63) is 23.8 Å². The Morgan fingerprint density at radius 1 is 1.17 bits per heavy atom. The summed E-state index contributed by atoms with van der Waals surface area (Å²) in [6, 6.07) is 5.90. The monoisotopic (exact) mass is 313 g/mol. The van der Waals surface area contributed by atoms with Gasteiger partial charge in [-0.3, -0.25) is 9.59 Å². The Bertz CT molecular complexity index is 633. The number of nitrogens with zero attached hydrogens (tertiary/aromatic N) is 1. The van der Waals surface area contributed by atoms with Crippen LogP contribution in [0.3, 0.4) is 0 Å². The Hall–Kier alpha value is -1.88. The number of carbonyl (C=O) groups is 2. The zero-order chi connectivity index (χ0) is 15.8. The van der Waals surface area contributed by atoms with Gasteiger partial charge in [-0.25, -0.2) is 0 Å². The minimum Gasteiger partial charge on any atom is -0.325 e. The van der Waals surface area contributed by atoms with E-state index in [4.69, 9.17) is 0 Å². The Morgan fingerprint density at radius 2 is 2.04 bits per heavy atom. The van der Waals surface area contributed by atoms with Gasteiger partial charge in [0.15, 0.2) is 0 Å². The van der Waals surface area contributed by atoms with Crippen LogP contribution < -0.4 is 15.5 Å². The maximum atomic E-state index is 12.5. The van der Waals surface area contributed by atoms with Gasteiger partial charge in [0.1, 0.15) is 0 Å². The average Bonchev–Trinajstić information content (AvgIpc) is 3.27. The molecule has 0 aromatic heterocycles. The zero-order valence-electron chi connectivity index (χ0n) is 13.3. The molecule has 1 saturated heterocycles. The summed E-state index contributed by atoms with van der Waals surface area (Å²) < 4.78 is 0. The fraction of sp³-hybridized carbons (Fsp3) is 0.556. The first-order valence-electron chi connectivity index (χ1n) is 8.71. The molecule has 5 nitrogen and oxygen atoms in total. The predicted molar refractivity (Wildman–Crippen MR) is 89.5 cm³/mol. The van der Waals surface area contributed by atoms with Crippen LogP contribution in [-0.4, -0.2) is 30.9 Å². The van der Waals surface area contributed by atoms with E-state index in [-0.39, 0.29) is 23.8 Å². The van der Waals surface area contributed by atoms with Gasteiger partial charge in [-0.1, -0.05) is 6.07 Å². The van der Waals surface area contributed by atoms with E-state index in [0.717, 1.165) is 63.0 Å². The van der Waals surface area contributed by atoms with Crippen molar-refractivity contribution in [3.8, 4) is 0 Å². The number of aryl methyl sites for hydroxylation is 1. The molecular formula is C18H23N3O2. The third-order valence-corrected chi connectivity index (χ3v) is 5.04. The third kappa shape index (κ3) is 2.98. The molecule has 1 aromatic carbocycles. The number of amides is 2. The van der Waals surface area contributed by atoms with Crippen molar-refractivity contribution in [1.82, 2.24) is 5.32 Å². The minimum absolute atomic E-state index is 0.0262. The van der Waals surface area contributed by atoms with Gasteiger partial charge in [0, 0.05) is 23.8 Å². The first-order valence-corrected chi connectivity index (χ1v) is 8.71. The summed E-state index contributed by atoms with van der Waals surface area (Å²) in [5, 5.41) is 6.21. The maximum Gasteiger partial charge on any atom is 0.241 e. The molecule has 122 valence electrons. The van der Waals surface area contributed by atoms with Crippen molar-refractivity contribution in [2.75, 3.05) is 23.3 Å². The van der Waals surface area contributed by atoms with Crippen LogP contribution in [0.1, 0.15) is 37.7 Å². The van der Waals surface area contributed by atoms with Crippen molar-refractivity contribution in [2.45, 2.75) is 44.6 Å². The van der Waals surface area contributed by atoms with E-state index in [2.05, 4.69) is 16.7 Å². The van der Waals surface area contributed by atoms with E-state index < -0.39 is 0 Å². The van der Waals surface area contributed by atoms with Crippen LogP contribution in [0, 0.1) is 5.92 Å². The smallest absolute Gasteiger partial charge is 0.241 e. The highest BCUT2D eigenvalue weighted by Crippen LogP contribution is 2.36. The van der Waals surface area contributed by atoms with Crippen molar-refractivity contribution < 1.29 is 9.59 Å². The van der Waals surface area contributed by atoms with Crippen LogP contribution in [-0.2, 0) is 16.0 Å². The summed E-state index contributed by atoms with van der Waals surface area (Å²) in [6.07, 6.45) is 6.00. The minimum atomic E-state index is -0.0877. The fourth-order valence-electron chi connectivity index (χ4n) is 3.57. The fourth-order valence-corrected chi connectivity index (χ4v) is 3.57. The van der Waals surface area contributed by atoms with Crippen LogP contribution in [0.4, 0.5) is 11.4 Å². The molecule has 2 N–H and O–H groups in total. The number of rotatable bonds is 3. The second kappa shape index (κ2) is 5.96. The van der Waals surface area contributed by atoms with E-state index in [1.807, 2.05) is 17.0 Å². The molecule has 2 amide bonds. The summed E-state index contributed by atoms with van der Waals surface area (Å²) in [7, 11) is 0. The maximum absolute atomic E-state index is 12.5. The van der Waals surface area contributed by atoms with E-state index in [9.17, 15) is 9.59 Å². The molecule has 2 heterocycles. The molecule has 0 radical (unpaired) electrons. The Labute approximate surface area is 136 Å². The lowest BCUT2D eigenvalue weighted by Crippen LogP contribution is -2.37. The quantitative estimate of drug-likeness (QED) is 0.898. The standard InChI is InChI=1S/C18H23N3O2/c22-17(15-4-1-9-19-15)20-14-8-7-12-3-2-10-21(16(12)11-14)18(23)13-5-6-13/h7-8,11,13,15,19H,1-6,9-10H2,(H,20,22)/t15-/m0/s1. The lowest BCUT2D eigenvalue weighted by molar-refractivity contribution is -0.120. The SMILES string of the molecule is O=C(Nc1ccc2c(c1)N(C(=O)C1CC1)CCC2)[C@@H]1CCCN1. The molecule has 1 aromatic rings. The van der Waals surface area contributed by atoms with Gasteiger partial charge in [-0.05, 0) is 62.8 Å². The molecule has 23 heavy (non-hydrogen) atoms. The largest absolute Gasteiger partial charge is 0.325 e. The first kappa shape index (κ1) is 14.7. The van der Waals surface area contributed by atoms with Gasteiger partial charge in [0.2, 0.25) is 11.8 Å². The summed E-state index contributed by atoms with van der Waals surface area (Å²) in [5.74, 6) is 0.507. The second-order valence-electron chi connectivity index (χ2n) is 6.85. The summed E-state index contributed by atoms with van der Waals surface area (Å²) in [6.45, 7) is 1.70. The van der Waals surface area contributed by atoms with Crippen molar-refractivity contribution in [3.63, 3.8) is 0 Å². The van der Waals surface area contributed by atoms with Crippen LogP contribution in [0.25, 0.3) is 0 Å². The van der Waals surface area contributed by atoms with Crippen molar-refractivity contribution in [1.29, 1.82) is 0 Å². The number of hydrogen-bond acceptors (Lipinski definition) is 3. The van der Waals surface area contributed by atoms with Crippen molar-refractivity contribution >= 4 is 23.2 Å². The molecule has 2 aliphatic heterocycles. The van der Waals surface area contributed by atoms with E-state index in [0.29, 0.717) is 0 Å². The van der Waals surface area contributed by atoms with Crippen LogP contribution >= 0.6 is 0 Å². The Balaban J connectivity index is 1.54. The number of hydrogen-bond donors (Lipinski definition) is 2. The molecule has 1 saturated carbocycles. The molecule has 0 unspecified atom stereocenters. The lowest BCUT2D eigenvalue weighted by Gasteiger charge is -2.30. The summed E-state index contributed by atoms with van der Waals surface area (Å²) in [5.41, 5.74) is 2.99. The molecule has 0 bridgehead atoms. The van der Waals surface area contributed by atoms with E-state index in [1.54, 1.807) is 0 Å². The van der Waals surface area contributed by atoms with Gasteiger partial charge >= 0.3 is 0 Å². The van der Waals surface area contributed by atoms with Gasteiger partial charge in [-0.15, -0.1) is 0 Å². The van der Waals surface area contributed by atoms with Crippen LogP contribution in [0.2, 0.25) is 0 Å². The lowest BCUT2D eigenvalue weighted by atomic mass is 10.0. The molecule has 0 spiro atoms. The molecule has 1 aliphatic carbocycles. The first-order chi connectivity index (χ1) is 11.2. The van der Waals surface area contributed by atoms with Gasteiger partial charge in [-0.2, -0.15) is 0 Å². The normalized spacial score (nSPS) is 23.5. The molecule has 2 fully saturated rings. The molecule has 4 rings (SSSR count). The Morgan fingerprint density at radius 3 is 2.78 bits per heavy atom. The van der Waals surface area contributed by atoms with Crippen molar-refractivity contribution in [2.24, 2.45) is 5.92 Å². The number of anilines is 2. The number of carbonyl (C=O) groups excluding carboxylic acids is 2. The van der Waals surface area contributed by atoms with E-state index >= 15 is 0 Å². The molecular weight excluding hydrogens is 290 g/mol. The third-order valence-electron chi connectivity index (χ3n) is 5.04. The number of nitrogens with one attached hydrogen (secondary N) is 2. The second-order valence-corrected chi connectivity index (χ2v) is 6.85. The molecule has 5 heteroatoms. The van der Waals surface area contributed by atoms with Gasteiger partial charge in [0.25, 0.3) is 0 Å². The van der Waals surface area contributed by atoms with Gasteiger partial charge < -0.3 is 15.5 Å². The molecule has 1 atom stereocenters. The Kier molecular flexibility index (Phi) is 3.81. The summed E-state index contributed by atoms with van der Waals surface area (Å²) >= 11 is 0. The topological polar surface area (TPSA) is 61.4 Å².